The summed E-state index contributed by atoms with van der Waals surface area (Å²) < 4.78 is 42.8. The highest BCUT2D eigenvalue weighted by atomic mass is 79.9. The van der Waals surface area contributed by atoms with Gasteiger partial charge in [0.05, 0.1) is 29.2 Å². The number of hydrogen-bond donors (Lipinski definition) is 1. The van der Waals surface area contributed by atoms with Gasteiger partial charge in [0.1, 0.15) is 11.5 Å². The monoisotopic (exact) mass is 320 g/mol. The van der Waals surface area contributed by atoms with Gasteiger partial charge in [-0.15, -0.1) is 0 Å². The third-order valence-electron chi connectivity index (χ3n) is 2.20. The van der Waals surface area contributed by atoms with Gasteiger partial charge >= 0.3 is 6.18 Å². The molecule has 7 heteroatoms. The van der Waals surface area contributed by atoms with Gasteiger partial charge in [0.15, 0.2) is 0 Å². The Bertz CT molecular complexity index is 522. The van der Waals surface area contributed by atoms with Crippen molar-refractivity contribution < 1.29 is 17.6 Å². The van der Waals surface area contributed by atoms with Gasteiger partial charge in [-0.2, -0.15) is 13.2 Å². The fourth-order valence-corrected chi connectivity index (χ4v) is 1.64. The standard InChI is InChI=1S/C11H8BrF3N2O/c12-8-3-4-18-9(8)6-16-7-1-2-10(17-5-7)11(13,14)15/h1-5,16H,6H2. The van der Waals surface area contributed by atoms with E-state index >= 15 is 0 Å². The molecule has 96 valence electrons. The zero-order chi connectivity index (χ0) is 13.2. The highest BCUT2D eigenvalue weighted by Crippen LogP contribution is 2.28. The molecular formula is C11H8BrF3N2O. The minimum absolute atomic E-state index is 0.362. The molecule has 2 rings (SSSR count). The number of pyridine rings is 1. The number of nitrogens with zero attached hydrogens (tertiary/aromatic N) is 1. The molecule has 0 unspecified atom stereocenters. The molecule has 0 spiro atoms. The van der Waals surface area contributed by atoms with Crippen LogP contribution in [-0.4, -0.2) is 4.98 Å². The molecule has 0 aliphatic rings. The summed E-state index contributed by atoms with van der Waals surface area (Å²) in [6.07, 6.45) is -1.76. The second kappa shape index (κ2) is 5.01. The minimum atomic E-state index is -4.41. The van der Waals surface area contributed by atoms with Crippen molar-refractivity contribution in [1.82, 2.24) is 4.98 Å². The largest absolute Gasteiger partial charge is 0.466 e. The van der Waals surface area contributed by atoms with Crippen LogP contribution in [0.4, 0.5) is 18.9 Å². The van der Waals surface area contributed by atoms with Crippen molar-refractivity contribution in [3.63, 3.8) is 0 Å². The lowest BCUT2D eigenvalue weighted by molar-refractivity contribution is -0.141. The fraction of sp³-hybridized carbons (Fsp3) is 0.182. The SMILES string of the molecule is FC(F)(F)c1ccc(NCc2occc2Br)cn1. The lowest BCUT2D eigenvalue weighted by Gasteiger charge is -2.07. The molecule has 0 fully saturated rings. The average Bonchev–Trinajstić information content (AvgIpc) is 2.72. The predicted molar refractivity (Wildman–Crippen MR) is 63.0 cm³/mol. The van der Waals surface area contributed by atoms with Gasteiger partial charge in [-0.3, -0.25) is 0 Å². The van der Waals surface area contributed by atoms with Crippen molar-refractivity contribution in [2.75, 3.05) is 5.32 Å². The van der Waals surface area contributed by atoms with Gasteiger partial charge in [-0.25, -0.2) is 4.98 Å². The molecule has 3 nitrogen and oxygen atoms in total. The van der Waals surface area contributed by atoms with Crippen molar-refractivity contribution in [2.45, 2.75) is 12.7 Å². The quantitative estimate of drug-likeness (QED) is 0.926. The Kier molecular flexibility index (Phi) is 3.60. The molecule has 2 aromatic rings. The summed E-state index contributed by atoms with van der Waals surface area (Å²) in [6.45, 7) is 0.362. The van der Waals surface area contributed by atoms with Crippen LogP contribution in [0, 0.1) is 0 Å². The maximum Gasteiger partial charge on any atom is 0.433 e. The molecule has 0 atom stereocenters. The molecule has 0 saturated heterocycles. The molecular weight excluding hydrogens is 313 g/mol. The van der Waals surface area contributed by atoms with Gasteiger partial charge in [0, 0.05) is 0 Å². The topological polar surface area (TPSA) is 38.1 Å². The van der Waals surface area contributed by atoms with Crippen molar-refractivity contribution in [3.05, 3.63) is 46.6 Å². The first kappa shape index (κ1) is 12.9. The first-order chi connectivity index (χ1) is 8.47. The van der Waals surface area contributed by atoms with E-state index in [1.807, 2.05) is 0 Å². The average molecular weight is 321 g/mol. The number of hydrogen-bond acceptors (Lipinski definition) is 3. The molecule has 0 aliphatic heterocycles. The van der Waals surface area contributed by atoms with Crippen molar-refractivity contribution in [1.29, 1.82) is 0 Å². The molecule has 0 aliphatic carbocycles. The Morgan fingerprint density at radius 2 is 2.06 bits per heavy atom. The number of nitrogens with one attached hydrogen (secondary N) is 1. The lowest BCUT2D eigenvalue weighted by atomic mass is 10.3. The van der Waals surface area contributed by atoms with E-state index in [9.17, 15) is 13.2 Å². The van der Waals surface area contributed by atoms with Crippen LogP contribution in [0.5, 0.6) is 0 Å². The van der Waals surface area contributed by atoms with Crippen LogP contribution in [0.15, 0.2) is 39.5 Å². The van der Waals surface area contributed by atoms with Crippen LogP contribution in [-0.2, 0) is 12.7 Å². The zero-order valence-corrected chi connectivity index (χ0v) is 10.5. The highest BCUT2D eigenvalue weighted by molar-refractivity contribution is 9.10. The summed E-state index contributed by atoms with van der Waals surface area (Å²) in [7, 11) is 0. The van der Waals surface area contributed by atoms with Gasteiger partial charge < -0.3 is 9.73 Å². The second-order valence-electron chi connectivity index (χ2n) is 3.48. The van der Waals surface area contributed by atoms with E-state index in [4.69, 9.17) is 4.42 Å². The minimum Gasteiger partial charge on any atom is -0.466 e. The van der Waals surface area contributed by atoms with E-state index in [1.54, 1.807) is 6.07 Å². The number of rotatable bonds is 3. The first-order valence-corrected chi connectivity index (χ1v) is 5.75. The van der Waals surface area contributed by atoms with Crippen LogP contribution in [0.1, 0.15) is 11.5 Å². The van der Waals surface area contributed by atoms with Crippen molar-refractivity contribution in [2.24, 2.45) is 0 Å². The number of alkyl halides is 3. The molecule has 2 heterocycles. The van der Waals surface area contributed by atoms with Crippen LogP contribution in [0.2, 0.25) is 0 Å². The number of anilines is 1. The van der Waals surface area contributed by atoms with Crippen molar-refractivity contribution >= 4 is 21.6 Å². The summed E-state index contributed by atoms with van der Waals surface area (Å²) in [5.74, 6) is 0.662. The molecule has 2 aromatic heterocycles. The molecule has 0 bridgehead atoms. The van der Waals surface area contributed by atoms with E-state index in [-0.39, 0.29) is 0 Å². The van der Waals surface area contributed by atoms with Gasteiger partial charge in [-0.1, -0.05) is 0 Å². The van der Waals surface area contributed by atoms with Crippen LogP contribution >= 0.6 is 15.9 Å². The van der Waals surface area contributed by atoms with Gasteiger partial charge in [0.2, 0.25) is 0 Å². The number of halogens is 4. The van der Waals surface area contributed by atoms with E-state index in [0.717, 1.165) is 16.7 Å². The zero-order valence-electron chi connectivity index (χ0n) is 8.96. The Hall–Kier alpha value is -1.50. The normalized spacial score (nSPS) is 11.6. The smallest absolute Gasteiger partial charge is 0.433 e. The molecule has 0 aromatic carbocycles. The predicted octanol–water partition coefficient (Wildman–Crippen LogP) is 4.07. The maximum absolute atomic E-state index is 12.3. The molecule has 18 heavy (non-hydrogen) atoms. The molecule has 0 radical (unpaired) electrons. The van der Waals surface area contributed by atoms with E-state index in [0.29, 0.717) is 18.0 Å². The fourth-order valence-electron chi connectivity index (χ4n) is 1.30. The Morgan fingerprint density at radius 1 is 1.28 bits per heavy atom. The summed E-state index contributed by atoms with van der Waals surface area (Å²) in [5, 5.41) is 2.91. The second-order valence-corrected chi connectivity index (χ2v) is 4.33. The Balaban J connectivity index is 2.01. The van der Waals surface area contributed by atoms with Gasteiger partial charge in [-0.05, 0) is 34.1 Å². The van der Waals surface area contributed by atoms with E-state index in [1.165, 1.54) is 12.3 Å². The summed E-state index contributed by atoms with van der Waals surface area (Å²) >= 11 is 3.28. The first-order valence-electron chi connectivity index (χ1n) is 4.96. The van der Waals surface area contributed by atoms with Crippen molar-refractivity contribution in [3.8, 4) is 0 Å². The third kappa shape index (κ3) is 3.04. The Labute approximate surface area is 109 Å². The summed E-state index contributed by atoms with van der Waals surface area (Å²) in [5.41, 5.74) is -0.418. The third-order valence-corrected chi connectivity index (χ3v) is 2.90. The summed E-state index contributed by atoms with van der Waals surface area (Å²) in [6, 6.07) is 3.99. The summed E-state index contributed by atoms with van der Waals surface area (Å²) in [4.78, 5) is 3.34. The molecule has 0 amide bonds. The van der Waals surface area contributed by atoms with E-state index in [2.05, 4.69) is 26.2 Å². The number of furan rings is 1. The van der Waals surface area contributed by atoms with Crippen LogP contribution < -0.4 is 5.32 Å². The van der Waals surface area contributed by atoms with Crippen LogP contribution in [0.25, 0.3) is 0 Å². The maximum atomic E-state index is 12.3. The molecule has 0 saturated carbocycles. The Morgan fingerprint density at radius 3 is 2.56 bits per heavy atom. The number of aromatic nitrogens is 1. The van der Waals surface area contributed by atoms with Gasteiger partial charge in [0.25, 0.3) is 0 Å². The highest BCUT2D eigenvalue weighted by Gasteiger charge is 2.31. The van der Waals surface area contributed by atoms with E-state index < -0.39 is 11.9 Å². The molecule has 1 N–H and O–H groups in total. The van der Waals surface area contributed by atoms with Crippen LogP contribution in [0.3, 0.4) is 0 Å². The lowest BCUT2D eigenvalue weighted by Crippen LogP contribution is -2.08.